The maximum atomic E-state index is 12.6. The minimum absolute atomic E-state index is 0.00739. The summed E-state index contributed by atoms with van der Waals surface area (Å²) in [5.41, 5.74) is 4.10. The molecule has 5 nitrogen and oxygen atoms in total. The molecule has 0 N–H and O–H groups in total. The second-order valence-electron chi connectivity index (χ2n) is 6.84. The fourth-order valence-electron chi connectivity index (χ4n) is 3.32. The Morgan fingerprint density at radius 1 is 1.00 bits per heavy atom. The molecule has 0 aliphatic rings. The van der Waals surface area contributed by atoms with Crippen molar-refractivity contribution in [3.05, 3.63) is 94.2 Å². The number of rotatable bonds is 5. The first-order valence-corrected chi connectivity index (χ1v) is 11.3. The summed E-state index contributed by atoms with van der Waals surface area (Å²) in [6, 6.07) is 22.1. The van der Waals surface area contributed by atoms with E-state index in [1.807, 2.05) is 64.7 Å². The van der Waals surface area contributed by atoms with Crippen molar-refractivity contribution in [3.8, 4) is 16.9 Å². The lowest BCUT2D eigenvalue weighted by molar-refractivity contribution is 0.728. The van der Waals surface area contributed by atoms with Crippen LogP contribution >= 0.6 is 23.1 Å². The maximum absolute atomic E-state index is 12.6. The summed E-state index contributed by atoms with van der Waals surface area (Å²) in [4.78, 5) is 18.1. The van der Waals surface area contributed by atoms with E-state index in [-0.39, 0.29) is 5.56 Å². The van der Waals surface area contributed by atoms with Crippen molar-refractivity contribution in [2.24, 2.45) is 7.05 Å². The van der Waals surface area contributed by atoms with Crippen LogP contribution in [0.3, 0.4) is 0 Å². The summed E-state index contributed by atoms with van der Waals surface area (Å²) < 4.78 is 3.54. The van der Waals surface area contributed by atoms with Gasteiger partial charge in [-0.05, 0) is 23.6 Å². The van der Waals surface area contributed by atoms with Gasteiger partial charge in [0.15, 0.2) is 5.16 Å². The molecule has 0 bridgehead atoms. The number of hydrogen-bond donors (Lipinski definition) is 0. The van der Waals surface area contributed by atoms with Crippen LogP contribution < -0.4 is 5.56 Å². The molecule has 5 rings (SSSR count). The molecular formula is C23H18N4OS2. The van der Waals surface area contributed by atoms with Crippen molar-refractivity contribution in [2.45, 2.75) is 10.9 Å². The molecule has 0 saturated heterocycles. The van der Waals surface area contributed by atoms with Gasteiger partial charge in [0.25, 0.3) is 5.56 Å². The highest BCUT2D eigenvalue weighted by Crippen LogP contribution is 2.30. The van der Waals surface area contributed by atoms with E-state index in [0.717, 1.165) is 27.3 Å². The van der Waals surface area contributed by atoms with Crippen LogP contribution in [0.15, 0.2) is 88.3 Å². The Kier molecular flexibility index (Phi) is 4.98. The average molecular weight is 431 g/mol. The topological polar surface area (TPSA) is 52.7 Å². The minimum atomic E-state index is -0.00739. The summed E-state index contributed by atoms with van der Waals surface area (Å²) >= 11 is 3.05. The van der Waals surface area contributed by atoms with Crippen LogP contribution in [0.5, 0.6) is 0 Å². The molecule has 0 aliphatic heterocycles. The number of thioether (sulfide) groups is 1. The maximum Gasteiger partial charge on any atom is 0.262 e. The Labute approximate surface area is 181 Å². The molecule has 5 aromatic rings. The molecule has 7 heteroatoms. The molecule has 0 atom stereocenters. The van der Waals surface area contributed by atoms with Crippen LogP contribution in [0, 0.1) is 0 Å². The predicted molar refractivity (Wildman–Crippen MR) is 123 cm³/mol. The zero-order chi connectivity index (χ0) is 20.5. The number of fused-ring (bicyclic) bond motifs is 1. The molecule has 0 amide bonds. The third-order valence-electron chi connectivity index (χ3n) is 4.88. The summed E-state index contributed by atoms with van der Waals surface area (Å²) in [5.74, 6) is 0.661. The van der Waals surface area contributed by atoms with Gasteiger partial charge in [-0.3, -0.25) is 9.36 Å². The van der Waals surface area contributed by atoms with Crippen LogP contribution in [0.2, 0.25) is 0 Å². The zero-order valence-corrected chi connectivity index (χ0v) is 17.9. The molecule has 0 unspecified atom stereocenters. The summed E-state index contributed by atoms with van der Waals surface area (Å²) in [7, 11) is 1.78. The first-order chi connectivity index (χ1) is 14.7. The van der Waals surface area contributed by atoms with Gasteiger partial charge in [0.05, 0.1) is 16.8 Å². The average Bonchev–Trinajstić information content (AvgIpc) is 3.44. The molecule has 0 aliphatic carbocycles. The third kappa shape index (κ3) is 3.46. The fraction of sp³-hybridized carbons (Fsp3) is 0.0870. The molecule has 2 aromatic carbocycles. The number of nitrogens with zero attached hydrogens (tertiary/aromatic N) is 4. The largest absolute Gasteiger partial charge is 0.290 e. The molecule has 0 saturated carbocycles. The van der Waals surface area contributed by atoms with Crippen molar-refractivity contribution >= 4 is 33.3 Å². The normalized spacial score (nSPS) is 11.2. The SMILES string of the molecule is Cn1c(SCc2cn(-c3ccccc3)nc2-c2ccccc2)nc2sccc2c1=O. The van der Waals surface area contributed by atoms with Crippen molar-refractivity contribution < 1.29 is 0 Å². The lowest BCUT2D eigenvalue weighted by atomic mass is 10.1. The van der Waals surface area contributed by atoms with Crippen molar-refractivity contribution in [2.75, 3.05) is 0 Å². The Morgan fingerprint density at radius 3 is 2.50 bits per heavy atom. The summed E-state index contributed by atoms with van der Waals surface area (Å²) in [5, 5.41) is 8.15. The molecule has 30 heavy (non-hydrogen) atoms. The Balaban J connectivity index is 1.53. The van der Waals surface area contributed by atoms with Crippen LogP contribution in [-0.2, 0) is 12.8 Å². The van der Waals surface area contributed by atoms with E-state index < -0.39 is 0 Å². The van der Waals surface area contributed by atoms with Crippen molar-refractivity contribution in [1.29, 1.82) is 0 Å². The quantitative estimate of drug-likeness (QED) is 0.286. The van der Waals surface area contributed by atoms with Crippen molar-refractivity contribution in [3.63, 3.8) is 0 Å². The van der Waals surface area contributed by atoms with Gasteiger partial charge in [0, 0.05) is 30.1 Å². The molecule has 0 radical (unpaired) electrons. The highest BCUT2D eigenvalue weighted by Gasteiger charge is 2.15. The number of thiophene rings is 1. The Morgan fingerprint density at radius 2 is 1.73 bits per heavy atom. The molecule has 0 spiro atoms. The minimum Gasteiger partial charge on any atom is -0.290 e. The number of benzene rings is 2. The summed E-state index contributed by atoms with van der Waals surface area (Å²) in [6.07, 6.45) is 2.06. The molecule has 148 valence electrons. The van der Waals surface area contributed by atoms with Crippen LogP contribution in [0.25, 0.3) is 27.2 Å². The van der Waals surface area contributed by atoms with E-state index in [1.165, 1.54) is 11.3 Å². The number of hydrogen-bond acceptors (Lipinski definition) is 5. The van der Waals surface area contributed by atoms with E-state index in [9.17, 15) is 4.79 Å². The Bertz CT molecular complexity index is 1370. The predicted octanol–water partition coefficient (Wildman–Crippen LogP) is 5.14. The van der Waals surface area contributed by atoms with Crippen LogP contribution in [0.1, 0.15) is 5.56 Å². The van der Waals surface area contributed by atoms with Gasteiger partial charge in [-0.25, -0.2) is 9.67 Å². The highest BCUT2D eigenvalue weighted by molar-refractivity contribution is 7.98. The first-order valence-electron chi connectivity index (χ1n) is 9.47. The van der Waals surface area contributed by atoms with E-state index in [2.05, 4.69) is 18.3 Å². The van der Waals surface area contributed by atoms with Gasteiger partial charge in [-0.2, -0.15) is 5.10 Å². The zero-order valence-electron chi connectivity index (χ0n) is 16.2. The second kappa shape index (κ2) is 7.93. The van der Waals surface area contributed by atoms with Crippen LogP contribution in [-0.4, -0.2) is 19.3 Å². The molecule has 0 fully saturated rings. The van der Waals surface area contributed by atoms with Gasteiger partial charge in [0.2, 0.25) is 0 Å². The van der Waals surface area contributed by atoms with Crippen LogP contribution in [0.4, 0.5) is 0 Å². The molecular weight excluding hydrogens is 412 g/mol. The first kappa shape index (κ1) is 18.8. The standard InChI is InChI=1S/C23H18N4OS2/c1-26-22(28)19-12-13-29-21(19)24-23(26)30-15-17-14-27(18-10-6-3-7-11-18)25-20(17)16-8-4-2-5-9-16/h2-14H,15H2,1H3. The van der Waals surface area contributed by atoms with Crippen molar-refractivity contribution in [1.82, 2.24) is 19.3 Å². The van der Waals surface area contributed by atoms with E-state index in [1.54, 1.807) is 23.4 Å². The lowest BCUT2D eigenvalue weighted by Crippen LogP contribution is -2.19. The molecule has 3 heterocycles. The van der Waals surface area contributed by atoms with Gasteiger partial charge in [-0.15, -0.1) is 11.3 Å². The highest BCUT2D eigenvalue weighted by atomic mass is 32.2. The second-order valence-corrected chi connectivity index (χ2v) is 8.67. The molecule has 3 aromatic heterocycles. The van der Waals surface area contributed by atoms with Gasteiger partial charge < -0.3 is 0 Å². The van der Waals surface area contributed by atoms with Gasteiger partial charge >= 0.3 is 0 Å². The monoisotopic (exact) mass is 430 g/mol. The lowest BCUT2D eigenvalue weighted by Gasteiger charge is -2.07. The fourth-order valence-corrected chi connectivity index (χ4v) is 5.06. The number of aromatic nitrogens is 4. The summed E-state index contributed by atoms with van der Waals surface area (Å²) in [6.45, 7) is 0. The Hall–Kier alpha value is -3.16. The van der Waals surface area contributed by atoms with E-state index >= 15 is 0 Å². The van der Waals surface area contributed by atoms with Gasteiger partial charge in [-0.1, -0.05) is 60.3 Å². The third-order valence-corrected chi connectivity index (χ3v) is 6.76. The van der Waals surface area contributed by atoms with E-state index in [0.29, 0.717) is 16.3 Å². The van der Waals surface area contributed by atoms with E-state index in [4.69, 9.17) is 10.1 Å². The number of para-hydroxylation sites is 1. The van der Waals surface area contributed by atoms with Gasteiger partial charge in [0.1, 0.15) is 4.83 Å². The smallest absolute Gasteiger partial charge is 0.262 e.